The molecule has 0 aliphatic carbocycles. The Hall–Kier alpha value is -1.74. The third kappa shape index (κ3) is 5.88. The minimum atomic E-state index is -0.195. The van der Waals surface area contributed by atoms with Gasteiger partial charge in [-0.25, -0.2) is 0 Å². The second-order valence-electron chi connectivity index (χ2n) is 5.70. The first kappa shape index (κ1) is 21.0. The molecule has 1 N–H and O–H groups in total. The number of nitrogens with one attached hydrogen (secondary N) is 1. The van der Waals surface area contributed by atoms with Crippen molar-refractivity contribution in [2.45, 2.75) is 11.8 Å². The first-order chi connectivity index (χ1) is 13.4. The summed E-state index contributed by atoms with van der Waals surface area (Å²) in [6.45, 7) is 0.277. The fourth-order valence-electron chi connectivity index (χ4n) is 2.23. The molecule has 6 nitrogen and oxygen atoms in total. The molecule has 0 bridgehead atoms. The number of ether oxygens (including phenoxy) is 1. The molecule has 0 unspecified atom stereocenters. The van der Waals surface area contributed by atoms with Crippen molar-refractivity contribution in [3.8, 4) is 5.75 Å². The van der Waals surface area contributed by atoms with Gasteiger partial charge in [-0.2, -0.15) is 0 Å². The van der Waals surface area contributed by atoms with E-state index in [1.165, 1.54) is 11.8 Å². The lowest BCUT2D eigenvalue weighted by molar-refractivity contribution is -0.113. The summed E-state index contributed by atoms with van der Waals surface area (Å²) < 4.78 is 8.49. The molecule has 0 spiro atoms. The predicted molar refractivity (Wildman–Crippen MR) is 115 cm³/mol. The van der Waals surface area contributed by atoms with Gasteiger partial charge in [0.25, 0.3) is 0 Å². The maximum absolute atomic E-state index is 12.2. The summed E-state index contributed by atoms with van der Waals surface area (Å²) in [5.74, 6) is 1.37. The third-order valence-corrected chi connectivity index (χ3v) is 5.57. The zero-order chi connectivity index (χ0) is 20.1. The summed E-state index contributed by atoms with van der Waals surface area (Å²) in [6, 6.07) is 12.4. The van der Waals surface area contributed by atoms with Crippen molar-refractivity contribution in [2.24, 2.45) is 7.05 Å². The highest BCUT2D eigenvalue weighted by Crippen LogP contribution is 2.23. The monoisotopic (exact) mass is 500 g/mol. The number of nitrogens with zero attached hydrogens (tertiary/aromatic N) is 3. The zero-order valence-corrected chi connectivity index (χ0v) is 18.6. The van der Waals surface area contributed by atoms with E-state index in [1.807, 2.05) is 31.3 Å². The fraction of sp³-hybridized carbons (Fsp3) is 0.167. The van der Waals surface area contributed by atoms with Crippen LogP contribution in [0.25, 0.3) is 0 Å². The van der Waals surface area contributed by atoms with Gasteiger partial charge in [0.1, 0.15) is 12.4 Å². The summed E-state index contributed by atoms with van der Waals surface area (Å²) in [5.41, 5.74) is 0.546. The summed E-state index contributed by atoms with van der Waals surface area (Å²) in [7, 11) is 1.83. The van der Waals surface area contributed by atoms with Crippen molar-refractivity contribution in [2.75, 3.05) is 11.1 Å². The van der Waals surface area contributed by atoms with Crippen LogP contribution in [0.1, 0.15) is 5.82 Å². The van der Waals surface area contributed by atoms with Crippen LogP contribution in [-0.4, -0.2) is 26.4 Å². The van der Waals surface area contributed by atoms with E-state index in [4.69, 9.17) is 27.9 Å². The summed E-state index contributed by atoms with van der Waals surface area (Å²) in [4.78, 5) is 12.2. The van der Waals surface area contributed by atoms with E-state index >= 15 is 0 Å². The van der Waals surface area contributed by atoms with Crippen molar-refractivity contribution in [1.82, 2.24) is 14.8 Å². The molecule has 28 heavy (non-hydrogen) atoms. The molecule has 0 aliphatic rings. The van der Waals surface area contributed by atoms with Crippen molar-refractivity contribution in [3.63, 3.8) is 0 Å². The normalized spacial score (nSPS) is 10.7. The number of hydrogen-bond acceptors (Lipinski definition) is 5. The number of anilines is 1. The van der Waals surface area contributed by atoms with Gasteiger partial charge in [0.2, 0.25) is 5.91 Å². The van der Waals surface area contributed by atoms with E-state index in [2.05, 4.69) is 31.4 Å². The van der Waals surface area contributed by atoms with Gasteiger partial charge in [-0.15, -0.1) is 10.2 Å². The van der Waals surface area contributed by atoms with Gasteiger partial charge < -0.3 is 14.6 Å². The number of carbonyl (C=O) groups is 1. The van der Waals surface area contributed by atoms with Crippen LogP contribution >= 0.6 is 50.9 Å². The van der Waals surface area contributed by atoms with Gasteiger partial charge in [0.15, 0.2) is 11.0 Å². The smallest absolute Gasteiger partial charge is 0.234 e. The van der Waals surface area contributed by atoms with Crippen LogP contribution in [0.5, 0.6) is 5.75 Å². The number of aromatic nitrogens is 3. The minimum Gasteiger partial charge on any atom is -0.486 e. The van der Waals surface area contributed by atoms with Gasteiger partial charge in [-0.3, -0.25) is 4.79 Å². The second-order valence-corrected chi connectivity index (χ2v) is 8.43. The molecule has 3 rings (SSSR count). The summed E-state index contributed by atoms with van der Waals surface area (Å²) >= 11 is 16.5. The molecule has 146 valence electrons. The average molecular weight is 502 g/mol. The van der Waals surface area contributed by atoms with Crippen LogP contribution in [0.4, 0.5) is 5.69 Å². The van der Waals surface area contributed by atoms with Crippen molar-refractivity contribution in [1.29, 1.82) is 0 Å². The Labute approximate surface area is 184 Å². The summed E-state index contributed by atoms with van der Waals surface area (Å²) in [6.07, 6.45) is 0. The van der Waals surface area contributed by atoms with E-state index in [9.17, 15) is 4.79 Å². The molecule has 0 atom stereocenters. The highest BCUT2D eigenvalue weighted by atomic mass is 79.9. The van der Waals surface area contributed by atoms with Gasteiger partial charge in [0, 0.05) is 27.3 Å². The van der Waals surface area contributed by atoms with Crippen LogP contribution in [0.15, 0.2) is 52.1 Å². The SMILES string of the molecule is Cn1c(COc2ccc(Br)cc2)nnc1SCC(=O)Nc1cc(Cl)cc(Cl)c1. The van der Waals surface area contributed by atoms with E-state index < -0.39 is 0 Å². The Bertz CT molecular complexity index is 962. The van der Waals surface area contributed by atoms with Crippen LogP contribution in [-0.2, 0) is 18.4 Å². The molecule has 1 aromatic heterocycles. The number of hydrogen-bond donors (Lipinski definition) is 1. The van der Waals surface area contributed by atoms with Gasteiger partial charge >= 0.3 is 0 Å². The minimum absolute atomic E-state index is 0.170. The topological polar surface area (TPSA) is 69.0 Å². The molecule has 0 saturated heterocycles. The standard InChI is InChI=1S/C18H15BrCl2N4O2S/c1-25-16(9-27-15-4-2-11(19)3-5-15)23-24-18(25)28-10-17(26)22-14-7-12(20)6-13(21)8-14/h2-8H,9-10H2,1H3,(H,22,26). The molecule has 0 saturated carbocycles. The van der Waals surface area contributed by atoms with Crippen molar-refractivity contribution >= 4 is 62.5 Å². The van der Waals surface area contributed by atoms with Gasteiger partial charge in [-0.1, -0.05) is 50.9 Å². The molecule has 0 radical (unpaired) electrons. The highest BCUT2D eigenvalue weighted by molar-refractivity contribution is 9.10. The molecule has 2 aromatic carbocycles. The highest BCUT2D eigenvalue weighted by Gasteiger charge is 2.12. The van der Waals surface area contributed by atoms with Gasteiger partial charge in [-0.05, 0) is 42.5 Å². The Balaban J connectivity index is 1.53. The number of benzene rings is 2. The van der Waals surface area contributed by atoms with Gasteiger partial charge in [0.05, 0.1) is 5.75 Å². The molecule has 0 fully saturated rings. The third-order valence-electron chi connectivity index (χ3n) is 3.59. The fourth-order valence-corrected chi connectivity index (χ4v) is 3.75. The van der Waals surface area contributed by atoms with Crippen molar-refractivity contribution in [3.05, 3.63) is 62.8 Å². The van der Waals surface area contributed by atoms with Crippen molar-refractivity contribution < 1.29 is 9.53 Å². The quantitative estimate of drug-likeness (QED) is 0.451. The zero-order valence-electron chi connectivity index (χ0n) is 14.7. The predicted octanol–water partition coefficient (Wildman–Crippen LogP) is 5.19. The molecular formula is C18H15BrCl2N4O2S. The van der Waals surface area contributed by atoms with Crippen LogP contribution in [0, 0.1) is 0 Å². The lowest BCUT2D eigenvalue weighted by Gasteiger charge is -2.07. The molecular weight excluding hydrogens is 487 g/mol. The number of carbonyl (C=O) groups excluding carboxylic acids is 1. The van der Waals surface area contributed by atoms with E-state index in [1.54, 1.807) is 22.8 Å². The molecule has 1 heterocycles. The Morgan fingerprint density at radius 2 is 1.86 bits per heavy atom. The van der Waals surface area contributed by atoms with E-state index in [0.29, 0.717) is 26.7 Å². The Morgan fingerprint density at radius 3 is 2.54 bits per heavy atom. The Kier molecular flexibility index (Phi) is 7.23. The number of halogens is 3. The number of rotatable bonds is 7. The lowest BCUT2D eigenvalue weighted by atomic mass is 10.3. The molecule has 10 heteroatoms. The van der Waals surface area contributed by atoms with E-state index in [0.717, 1.165) is 10.2 Å². The Morgan fingerprint density at radius 1 is 1.18 bits per heavy atom. The largest absolute Gasteiger partial charge is 0.486 e. The molecule has 0 aliphatic heterocycles. The first-order valence-corrected chi connectivity index (χ1v) is 10.6. The van der Waals surface area contributed by atoms with Crippen LogP contribution < -0.4 is 10.1 Å². The molecule has 3 aromatic rings. The number of thioether (sulfide) groups is 1. The average Bonchev–Trinajstić information content (AvgIpc) is 2.98. The van der Waals surface area contributed by atoms with Crippen LogP contribution in [0.2, 0.25) is 10.0 Å². The lowest BCUT2D eigenvalue weighted by Crippen LogP contribution is -2.14. The maximum atomic E-state index is 12.2. The van der Waals surface area contributed by atoms with Crippen LogP contribution in [0.3, 0.4) is 0 Å². The van der Waals surface area contributed by atoms with E-state index in [-0.39, 0.29) is 18.3 Å². The second kappa shape index (κ2) is 9.65. The first-order valence-electron chi connectivity index (χ1n) is 8.06. The molecule has 1 amide bonds. The summed E-state index contributed by atoms with van der Waals surface area (Å²) in [5, 5.41) is 12.5. The maximum Gasteiger partial charge on any atom is 0.234 e. The number of amides is 1.